The Morgan fingerprint density at radius 2 is 1.90 bits per heavy atom. The van der Waals surface area contributed by atoms with E-state index in [1.54, 1.807) is 29.2 Å². The van der Waals surface area contributed by atoms with Crippen molar-refractivity contribution < 1.29 is 14.3 Å². The summed E-state index contributed by atoms with van der Waals surface area (Å²) in [6, 6.07) is 8.49. The highest BCUT2D eigenvalue weighted by Gasteiger charge is 2.19. The predicted molar refractivity (Wildman–Crippen MR) is 110 cm³/mol. The van der Waals surface area contributed by atoms with E-state index in [1.165, 1.54) is 11.3 Å². The molecule has 1 N–H and O–H groups in total. The molecule has 0 aliphatic carbocycles. The zero-order valence-corrected chi connectivity index (χ0v) is 17.1. The number of aryl methyl sites for hydroxylation is 1. The maximum Gasteiger partial charge on any atom is 0.368 e. The van der Waals surface area contributed by atoms with Gasteiger partial charge in [-0.05, 0) is 58.6 Å². The van der Waals surface area contributed by atoms with Crippen LogP contribution in [0.15, 0.2) is 40.5 Å². The van der Waals surface area contributed by atoms with Crippen molar-refractivity contribution in [3.05, 3.63) is 56.6 Å². The lowest BCUT2D eigenvalue weighted by atomic mass is 10.2. The second kappa shape index (κ2) is 8.59. The number of hydrogen-bond acceptors (Lipinski definition) is 7. The molecule has 1 saturated heterocycles. The Morgan fingerprint density at radius 3 is 2.57 bits per heavy atom. The summed E-state index contributed by atoms with van der Waals surface area (Å²) in [5.41, 5.74) is 1.60. The van der Waals surface area contributed by atoms with Gasteiger partial charge in [-0.25, -0.2) is 4.79 Å². The number of nitrogens with zero attached hydrogens (tertiary/aromatic N) is 5. The summed E-state index contributed by atoms with van der Waals surface area (Å²) in [5, 5.41) is 12.4. The Balaban J connectivity index is 1.43. The van der Waals surface area contributed by atoms with Gasteiger partial charge in [0.15, 0.2) is 0 Å². The van der Waals surface area contributed by atoms with Crippen molar-refractivity contribution in [2.75, 3.05) is 31.6 Å². The fourth-order valence-corrected chi connectivity index (χ4v) is 3.80. The maximum atomic E-state index is 12.6. The molecule has 3 heterocycles. The SMILES string of the molecule is Cc1csc(C(=O)Nc2ccc(-n3nnn(CC(=O)N4CCOCC4)c3=O)cc2)c1. The molecule has 1 fully saturated rings. The summed E-state index contributed by atoms with van der Waals surface area (Å²) in [7, 11) is 0. The molecular formula is C19H20N6O4S. The summed E-state index contributed by atoms with van der Waals surface area (Å²) < 4.78 is 7.37. The van der Waals surface area contributed by atoms with Gasteiger partial charge in [-0.1, -0.05) is 0 Å². The molecule has 1 aromatic carbocycles. The number of carbonyl (C=O) groups excluding carboxylic acids is 2. The van der Waals surface area contributed by atoms with Crippen LogP contribution in [0.1, 0.15) is 15.2 Å². The van der Waals surface area contributed by atoms with Crippen molar-refractivity contribution in [3.8, 4) is 5.69 Å². The van der Waals surface area contributed by atoms with E-state index >= 15 is 0 Å². The number of anilines is 1. The molecule has 0 atom stereocenters. The minimum absolute atomic E-state index is 0.173. The van der Waals surface area contributed by atoms with Gasteiger partial charge in [-0.3, -0.25) is 9.59 Å². The molecule has 30 heavy (non-hydrogen) atoms. The van der Waals surface area contributed by atoms with Crippen molar-refractivity contribution >= 4 is 28.8 Å². The molecule has 1 aliphatic rings. The first kappa shape index (κ1) is 20.0. The average molecular weight is 428 g/mol. The Bertz CT molecular complexity index is 1110. The first-order valence-corrected chi connectivity index (χ1v) is 10.2. The largest absolute Gasteiger partial charge is 0.378 e. The maximum absolute atomic E-state index is 12.6. The van der Waals surface area contributed by atoms with Gasteiger partial charge in [0.05, 0.1) is 23.8 Å². The van der Waals surface area contributed by atoms with Gasteiger partial charge in [-0.15, -0.1) is 11.3 Å². The van der Waals surface area contributed by atoms with Gasteiger partial charge in [0.25, 0.3) is 5.91 Å². The standard InChI is InChI=1S/C19H20N6O4S/c1-13-10-16(30-12-13)18(27)20-14-2-4-15(5-3-14)25-19(28)24(21-22-25)11-17(26)23-6-8-29-9-7-23/h2-5,10,12H,6-9,11H2,1H3,(H,20,27). The third-order valence-corrected chi connectivity index (χ3v) is 5.66. The van der Waals surface area contributed by atoms with Crippen LogP contribution in [0.25, 0.3) is 5.69 Å². The summed E-state index contributed by atoms with van der Waals surface area (Å²) >= 11 is 1.38. The minimum Gasteiger partial charge on any atom is -0.378 e. The molecule has 11 heteroatoms. The fourth-order valence-electron chi connectivity index (χ4n) is 3.01. The number of ether oxygens (including phenoxy) is 1. The number of amides is 2. The van der Waals surface area contributed by atoms with Crippen LogP contribution in [0.4, 0.5) is 5.69 Å². The second-order valence-corrected chi connectivity index (χ2v) is 7.72. The Labute approximate surface area is 175 Å². The van der Waals surface area contributed by atoms with Crippen molar-refractivity contribution in [1.82, 2.24) is 24.7 Å². The molecule has 0 spiro atoms. The number of tetrazole rings is 1. The van der Waals surface area contributed by atoms with E-state index < -0.39 is 5.69 Å². The van der Waals surface area contributed by atoms with Gasteiger partial charge in [0.1, 0.15) is 6.54 Å². The lowest BCUT2D eigenvalue weighted by molar-refractivity contribution is -0.136. The highest BCUT2D eigenvalue weighted by atomic mass is 32.1. The van der Waals surface area contributed by atoms with Crippen LogP contribution in [-0.2, 0) is 16.1 Å². The van der Waals surface area contributed by atoms with Crippen molar-refractivity contribution in [2.45, 2.75) is 13.5 Å². The summed E-state index contributed by atoms with van der Waals surface area (Å²) in [6.07, 6.45) is 0. The molecule has 3 aromatic rings. The monoisotopic (exact) mass is 428 g/mol. The molecule has 2 aromatic heterocycles. The number of thiophene rings is 1. The second-order valence-electron chi connectivity index (χ2n) is 6.81. The number of nitrogens with one attached hydrogen (secondary N) is 1. The number of carbonyl (C=O) groups is 2. The molecule has 4 rings (SSSR count). The van der Waals surface area contributed by atoms with Gasteiger partial charge in [-0.2, -0.15) is 9.36 Å². The number of hydrogen-bond donors (Lipinski definition) is 1. The van der Waals surface area contributed by atoms with Crippen LogP contribution in [0.3, 0.4) is 0 Å². The third kappa shape index (κ3) is 4.31. The summed E-state index contributed by atoms with van der Waals surface area (Å²) in [4.78, 5) is 39.4. The van der Waals surface area contributed by atoms with Crippen LogP contribution in [-0.4, -0.2) is 62.8 Å². The first-order valence-electron chi connectivity index (χ1n) is 9.36. The van der Waals surface area contributed by atoms with E-state index in [2.05, 4.69) is 15.7 Å². The zero-order valence-electron chi connectivity index (χ0n) is 16.3. The zero-order chi connectivity index (χ0) is 21.1. The Morgan fingerprint density at radius 1 is 1.17 bits per heavy atom. The molecule has 0 bridgehead atoms. The van der Waals surface area contributed by atoms with E-state index in [0.717, 1.165) is 14.9 Å². The number of aromatic nitrogens is 4. The number of rotatable bonds is 5. The molecule has 10 nitrogen and oxygen atoms in total. The van der Waals surface area contributed by atoms with E-state index in [1.807, 2.05) is 18.4 Å². The molecule has 0 radical (unpaired) electrons. The Hall–Kier alpha value is -3.31. The molecule has 156 valence electrons. The van der Waals surface area contributed by atoms with Crippen LogP contribution in [0.5, 0.6) is 0 Å². The summed E-state index contributed by atoms with van der Waals surface area (Å²) in [6.45, 7) is 3.74. The Kier molecular flexibility index (Phi) is 5.72. The molecule has 0 saturated carbocycles. The lowest BCUT2D eigenvalue weighted by Gasteiger charge is -2.26. The fraction of sp³-hybridized carbons (Fsp3) is 0.316. The highest BCUT2D eigenvalue weighted by Crippen LogP contribution is 2.17. The topological polar surface area (TPSA) is 111 Å². The van der Waals surface area contributed by atoms with E-state index in [0.29, 0.717) is 42.6 Å². The molecular weight excluding hydrogens is 408 g/mol. The summed E-state index contributed by atoms with van der Waals surface area (Å²) in [5.74, 6) is -0.389. The smallest absolute Gasteiger partial charge is 0.368 e. The number of morpholine rings is 1. The van der Waals surface area contributed by atoms with Crippen LogP contribution in [0.2, 0.25) is 0 Å². The van der Waals surface area contributed by atoms with E-state index in [9.17, 15) is 14.4 Å². The van der Waals surface area contributed by atoms with Gasteiger partial charge < -0.3 is 15.0 Å². The molecule has 2 amide bonds. The van der Waals surface area contributed by atoms with Gasteiger partial charge in [0, 0.05) is 18.8 Å². The highest BCUT2D eigenvalue weighted by molar-refractivity contribution is 7.12. The average Bonchev–Trinajstić information content (AvgIpc) is 3.35. The number of benzene rings is 1. The quantitative estimate of drug-likeness (QED) is 0.647. The minimum atomic E-state index is -0.512. The normalized spacial score (nSPS) is 14.0. The first-order chi connectivity index (χ1) is 14.5. The molecule has 1 aliphatic heterocycles. The van der Waals surface area contributed by atoms with Gasteiger partial charge in [0.2, 0.25) is 5.91 Å². The molecule has 0 unspecified atom stereocenters. The van der Waals surface area contributed by atoms with Crippen molar-refractivity contribution in [1.29, 1.82) is 0 Å². The third-order valence-electron chi connectivity index (χ3n) is 4.61. The van der Waals surface area contributed by atoms with E-state index in [4.69, 9.17) is 4.74 Å². The predicted octanol–water partition coefficient (Wildman–Crippen LogP) is 0.910. The lowest BCUT2D eigenvalue weighted by Crippen LogP contribution is -2.43. The van der Waals surface area contributed by atoms with Crippen molar-refractivity contribution in [2.24, 2.45) is 0 Å². The van der Waals surface area contributed by atoms with Crippen LogP contribution >= 0.6 is 11.3 Å². The van der Waals surface area contributed by atoms with Crippen molar-refractivity contribution in [3.63, 3.8) is 0 Å². The van der Waals surface area contributed by atoms with Crippen LogP contribution in [0, 0.1) is 6.92 Å². The van der Waals surface area contributed by atoms with Gasteiger partial charge >= 0.3 is 5.69 Å². The van der Waals surface area contributed by atoms with Crippen LogP contribution < -0.4 is 11.0 Å². The van der Waals surface area contributed by atoms with E-state index in [-0.39, 0.29) is 18.4 Å².